The normalized spacial score (nSPS) is 13.0. The summed E-state index contributed by atoms with van der Waals surface area (Å²) in [6.45, 7) is 14.7. The monoisotopic (exact) mass is 544 g/mol. The molecule has 0 saturated heterocycles. The summed E-state index contributed by atoms with van der Waals surface area (Å²) in [5.41, 5.74) is 2.25. The van der Waals surface area contributed by atoms with Crippen LogP contribution < -0.4 is 0 Å². The minimum atomic E-state index is -0.994. The van der Waals surface area contributed by atoms with Crippen molar-refractivity contribution >= 4 is 11.8 Å². The summed E-state index contributed by atoms with van der Waals surface area (Å²) >= 11 is 0. The Labute approximate surface area is 240 Å². The molecule has 0 amide bonds. The lowest BCUT2D eigenvalue weighted by molar-refractivity contribution is -0.146. The molecule has 0 saturated carbocycles. The van der Waals surface area contributed by atoms with Gasteiger partial charge < -0.3 is 10.2 Å². The predicted octanol–water partition coefficient (Wildman–Crippen LogP) is 10.1. The highest BCUT2D eigenvalue weighted by molar-refractivity contribution is 5.98. The predicted molar refractivity (Wildman–Crippen MR) is 165 cm³/mol. The van der Waals surface area contributed by atoms with Crippen LogP contribution in [0, 0.1) is 5.92 Å². The Kier molecular flexibility index (Phi) is 16.0. The van der Waals surface area contributed by atoms with Crippen LogP contribution in [-0.4, -0.2) is 22.0 Å². The Balaban J connectivity index is 2.44. The zero-order chi connectivity index (χ0) is 29.5. The molecule has 1 unspecified atom stereocenters. The highest BCUT2D eigenvalue weighted by Gasteiger charge is 2.28. The number of unbranched alkanes of at least 4 members (excludes halogenated alkanes) is 13. The number of phenolic OH excluding ortho intramolecular Hbond substituents is 1. The topological polar surface area (TPSA) is 74.6 Å². The van der Waals surface area contributed by atoms with Gasteiger partial charge in [0.1, 0.15) is 17.5 Å². The van der Waals surface area contributed by atoms with Gasteiger partial charge in [0, 0.05) is 6.42 Å². The zero-order valence-electron chi connectivity index (χ0n) is 26.5. The van der Waals surface area contributed by atoms with Crippen molar-refractivity contribution in [1.82, 2.24) is 0 Å². The largest absolute Gasteiger partial charge is 0.507 e. The number of hydrogen-bond donors (Lipinski definition) is 2. The summed E-state index contributed by atoms with van der Waals surface area (Å²) in [5, 5.41) is 20.7. The number of aryl methyl sites for hydroxylation is 1. The van der Waals surface area contributed by atoms with Gasteiger partial charge in [-0.2, -0.15) is 0 Å². The third-order valence-corrected chi connectivity index (χ3v) is 7.98. The molecule has 1 aromatic carbocycles. The molecule has 2 N–H and O–H groups in total. The Morgan fingerprint density at radius 3 is 1.44 bits per heavy atom. The molecule has 0 aromatic heterocycles. The van der Waals surface area contributed by atoms with Gasteiger partial charge in [-0.15, -0.1) is 0 Å². The number of rotatable bonds is 20. The number of carboxylic acid groups (broad SMARTS) is 1. The fourth-order valence-electron chi connectivity index (χ4n) is 5.39. The van der Waals surface area contributed by atoms with Crippen LogP contribution in [0.5, 0.6) is 5.75 Å². The van der Waals surface area contributed by atoms with Gasteiger partial charge in [0.25, 0.3) is 0 Å². The van der Waals surface area contributed by atoms with E-state index in [1.807, 2.05) is 12.1 Å². The number of aromatic hydroxyl groups is 1. The minimum absolute atomic E-state index is 0.181. The summed E-state index contributed by atoms with van der Waals surface area (Å²) in [5.74, 6) is -1.76. The molecule has 0 radical (unpaired) electrons. The van der Waals surface area contributed by atoms with Gasteiger partial charge in [-0.25, -0.2) is 0 Å². The number of benzene rings is 1. The van der Waals surface area contributed by atoms with Crippen LogP contribution in [0.4, 0.5) is 0 Å². The molecule has 1 atom stereocenters. The SMILES string of the molecule is CCCCCCCCCCCCCCCCC(C(=O)O)C(=O)CCc1cc(C(C)(C)C)c(O)c(C(C)(C)C)c1. The lowest BCUT2D eigenvalue weighted by Gasteiger charge is -2.28. The highest BCUT2D eigenvalue weighted by Crippen LogP contribution is 2.40. The van der Waals surface area contributed by atoms with Crippen molar-refractivity contribution in [1.29, 1.82) is 0 Å². The third-order valence-electron chi connectivity index (χ3n) is 7.98. The Bertz CT molecular complexity index is 821. The number of carbonyl (C=O) groups excluding carboxylic acids is 1. The Hall–Kier alpha value is -1.84. The quantitative estimate of drug-likeness (QED) is 0.126. The summed E-state index contributed by atoms with van der Waals surface area (Å²) in [7, 11) is 0. The lowest BCUT2D eigenvalue weighted by Crippen LogP contribution is -2.24. The van der Waals surface area contributed by atoms with Crippen LogP contribution in [0.25, 0.3) is 0 Å². The van der Waals surface area contributed by atoms with Crippen LogP contribution >= 0.6 is 0 Å². The van der Waals surface area contributed by atoms with E-state index in [9.17, 15) is 19.8 Å². The van der Waals surface area contributed by atoms with Crippen LogP contribution in [0.1, 0.15) is 168 Å². The highest BCUT2D eigenvalue weighted by atomic mass is 16.4. The zero-order valence-corrected chi connectivity index (χ0v) is 26.5. The maximum atomic E-state index is 12.9. The fraction of sp³-hybridized carbons (Fsp3) is 0.771. The van der Waals surface area contributed by atoms with Gasteiger partial charge in [-0.05, 0) is 40.4 Å². The average Bonchev–Trinajstić information content (AvgIpc) is 2.84. The smallest absolute Gasteiger partial charge is 0.314 e. The molecule has 224 valence electrons. The first-order chi connectivity index (χ1) is 18.3. The molecule has 0 bridgehead atoms. The molecule has 0 fully saturated rings. The average molecular weight is 545 g/mol. The van der Waals surface area contributed by atoms with Crippen LogP contribution in [0.3, 0.4) is 0 Å². The van der Waals surface area contributed by atoms with Crippen LogP contribution in [-0.2, 0) is 26.8 Å². The second kappa shape index (κ2) is 17.8. The van der Waals surface area contributed by atoms with Crippen molar-refractivity contribution in [3.63, 3.8) is 0 Å². The molecule has 4 nitrogen and oxygen atoms in total. The van der Waals surface area contributed by atoms with E-state index >= 15 is 0 Å². The molecule has 39 heavy (non-hydrogen) atoms. The molecular formula is C35H60O4. The van der Waals surface area contributed by atoms with E-state index in [0.29, 0.717) is 18.6 Å². The van der Waals surface area contributed by atoms with E-state index < -0.39 is 11.9 Å². The molecular weight excluding hydrogens is 484 g/mol. The molecule has 0 aliphatic rings. The van der Waals surface area contributed by atoms with Crippen molar-refractivity contribution in [3.8, 4) is 5.75 Å². The van der Waals surface area contributed by atoms with Crippen molar-refractivity contribution in [3.05, 3.63) is 28.8 Å². The fourth-order valence-corrected chi connectivity index (χ4v) is 5.39. The molecule has 4 heteroatoms. The van der Waals surface area contributed by atoms with Crippen molar-refractivity contribution in [2.24, 2.45) is 5.92 Å². The first-order valence-electron chi connectivity index (χ1n) is 15.9. The Morgan fingerprint density at radius 1 is 0.692 bits per heavy atom. The van der Waals surface area contributed by atoms with Crippen LogP contribution in [0.2, 0.25) is 0 Å². The van der Waals surface area contributed by atoms with E-state index in [1.165, 1.54) is 70.6 Å². The molecule has 0 aliphatic heterocycles. The van der Waals surface area contributed by atoms with Crippen molar-refractivity contribution in [2.75, 3.05) is 0 Å². The standard InChI is InChI=1S/C35H60O4/c1-8-9-10-11-12-13-14-15-16-17-18-19-20-21-22-28(33(38)39)31(36)24-23-27-25-29(34(2,3)4)32(37)30(26-27)35(5,6)7/h25-26,28,37H,8-24H2,1-7H3,(H,38,39). The summed E-state index contributed by atoms with van der Waals surface area (Å²) in [6, 6.07) is 3.97. The number of aliphatic carboxylic acids is 1. The van der Waals surface area contributed by atoms with Crippen molar-refractivity contribution < 1.29 is 19.8 Å². The second-order valence-electron chi connectivity index (χ2n) is 13.8. The maximum Gasteiger partial charge on any atom is 0.314 e. The minimum Gasteiger partial charge on any atom is -0.507 e. The first-order valence-corrected chi connectivity index (χ1v) is 15.9. The summed E-state index contributed by atoms with van der Waals surface area (Å²) < 4.78 is 0. The van der Waals surface area contributed by atoms with Gasteiger partial charge in [0.15, 0.2) is 0 Å². The maximum absolute atomic E-state index is 12.9. The van der Waals surface area contributed by atoms with Gasteiger partial charge >= 0.3 is 5.97 Å². The van der Waals surface area contributed by atoms with Gasteiger partial charge in [-0.3, -0.25) is 9.59 Å². The molecule has 1 rings (SSSR count). The molecule has 0 aliphatic carbocycles. The molecule has 0 spiro atoms. The number of carbonyl (C=O) groups is 2. The van der Waals surface area contributed by atoms with Crippen molar-refractivity contribution in [2.45, 2.75) is 168 Å². The number of Topliss-reactive ketones (excluding diaryl/α,β-unsaturated/α-hetero) is 1. The van der Waals surface area contributed by atoms with E-state index in [2.05, 4.69) is 48.5 Å². The van der Waals surface area contributed by atoms with E-state index in [4.69, 9.17) is 0 Å². The Morgan fingerprint density at radius 2 is 1.08 bits per heavy atom. The second-order valence-corrected chi connectivity index (χ2v) is 13.8. The van der Waals surface area contributed by atoms with Crippen LogP contribution in [0.15, 0.2) is 12.1 Å². The lowest BCUT2D eigenvalue weighted by atomic mass is 9.78. The van der Waals surface area contributed by atoms with Gasteiger partial charge in [0.05, 0.1) is 0 Å². The van der Waals surface area contributed by atoms with E-state index in [0.717, 1.165) is 36.0 Å². The molecule has 1 aromatic rings. The number of hydrogen-bond acceptors (Lipinski definition) is 3. The summed E-state index contributed by atoms with van der Waals surface area (Å²) in [4.78, 5) is 24.8. The third kappa shape index (κ3) is 13.9. The molecule has 0 heterocycles. The number of phenols is 1. The summed E-state index contributed by atoms with van der Waals surface area (Å²) in [6.07, 6.45) is 18.7. The van der Waals surface area contributed by atoms with Gasteiger partial charge in [0.2, 0.25) is 0 Å². The van der Waals surface area contributed by atoms with E-state index in [-0.39, 0.29) is 23.0 Å². The number of ketones is 1. The first kappa shape index (κ1) is 35.2. The van der Waals surface area contributed by atoms with E-state index in [1.54, 1.807) is 0 Å². The van der Waals surface area contributed by atoms with Gasteiger partial charge in [-0.1, -0.05) is 150 Å². The number of carboxylic acids is 1.